The Balaban J connectivity index is 2.05. The molecule has 0 saturated heterocycles. The van der Waals surface area contributed by atoms with E-state index < -0.39 is 10.0 Å². The van der Waals surface area contributed by atoms with Gasteiger partial charge in [-0.1, -0.05) is 6.42 Å². The van der Waals surface area contributed by atoms with E-state index in [9.17, 15) is 8.42 Å². The second kappa shape index (κ2) is 5.32. The molecule has 1 saturated carbocycles. The summed E-state index contributed by atoms with van der Waals surface area (Å²) < 4.78 is 26.7. The third-order valence-corrected chi connectivity index (χ3v) is 6.16. The lowest BCUT2D eigenvalue weighted by molar-refractivity contribution is 0.362. The van der Waals surface area contributed by atoms with Crippen LogP contribution >= 0.6 is 23.4 Å². The van der Waals surface area contributed by atoms with Gasteiger partial charge in [-0.3, -0.25) is 0 Å². The highest BCUT2D eigenvalue weighted by Crippen LogP contribution is 2.42. The minimum Gasteiger partial charge on any atom is -0.225 e. The molecule has 18 heavy (non-hydrogen) atoms. The third kappa shape index (κ3) is 2.96. The van der Waals surface area contributed by atoms with Gasteiger partial charge in [-0.2, -0.15) is 11.8 Å². The number of rotatable bonds is 5. The molecule has 0 unspecified atom stereocenters. The van der Waals surface area contributed by atoms with Crippen LogP contribution in [0.25, 0.3) is 0 Å². The number of nitrogens with one attached hydrogen (secondary N) is 1. The summed E-state index contributed by atoms with van der Waals surface area (Å²) in [5.74, 6) is 0. The summed E-state index contributed by atoms with van der Waals surface area (Å²) in [7, 11) is -3.54. The van der Waals surface area contributed by atoms with Gasteiger partial charge < -0.3 is 0 Å². The summed E-state index contributed by atoms with van der Waals surface area (Å²) in [6, 6.07) is 0. The topological polar surface area (TPSA) is 72.0 Å². The highest BCUT2D eigenvalue weighted by atomic mass is 35.5. The van der Waals surface area contributed by atoms with Crippen LogP contribution in [0.4, 0.5) is 0 Å². The van der Waals surface area contributed by atoms with Crippen LogP contribution in [0.2, 0.25) is 5.28 Å². The van der Waals surface area contributed by atoms with E-state index in [1.165, 1.54) is 12.4 Å². The number of aromatic nitrogens is 2. The Morgan fingerprint density at radius 1 is 1.44 bits per heavy atom. The summed E-state index contributed by atoms with van der Waals surface area (Å²) >= 11 is 7.24. The summed E-state index contributed by atoms with van der Waals surface area (Å²) in [5, 5.41) is 0.0357. The predicted molar refractivity (Wildman–Crippen MR) is 72.3 cm³/mol. The van der Waals surface area contributed by atoms with Crippen molar-refractivity contribution in [1.82, 2.24) is 14.7 Å². The molecule has 0 amide bonds. The highest BCUT2D eigenvalue weighted by molar-refractivity contribution is 8.00. The van der Waals surface area contributed by atoms with E-state index in [-0.39, 0.29) is 14.9 Å². The predicted octanol–water partition coefficient (Wildman–Crippen LogP) is 1.69. The van der Waals surface area contributed by atoms with Crippen molar-refractivity contribution >= 4 is 33.4 Å². The molecule has 1 aromatic rings. The Kier molecular flexibility index (Phi) is 4.15. The molecule has 1 fully saturated rings. The first-order valence-corrected chi connectivity index (χ1v) is 8.58. The number of nitrogens with zero attached hydrogens (tertiary/aromatic N) is 2. The number of hydrogen-bond donors (Lipinski definition) is 1. The fourth-order valence-electron chi connectivity index (χ4n) is 1.77. The second-order valence-electron chi connectivity index (χ2n) is 4.25. The number of thioether (sulfide) groups is 1. The van der Waals surface area contributed by atoms with Crippen molar-refractivity contribution < 1.29 is 8.42 Å². The van der Waals surface area contributed by atoms with Gasteiger partial charge in [0.1, 0.15) is 4.90 Å². The molecule has 1 aromatic heterocycles. The highest BCUT2D eigenvalue weighted by Gasteiger charge is 2.37. The Hall–Kier alpha value is -0.370. The minimum atomic E-state index is -3.54. The van der Waals surface area contributed by atoms with E-state index in [4.69, 9.17) is 11.6 Å². The maximum atomic E-state index is 12.0. The van der Waals surface area contributed by atoms with Crippen LogP contribution in [0.1, 0.15) is 19.3 Å². The van der Waals surface area contributed by atoms with E-state index in [0.717, 1.165) is 19.3 Å². The molecular formula is C10H14ClN3O2S2. The molecule has 1 N–H and O–H groups in total. The zero-order valence-corrected chi connectivity index (χ0v) is 12.3. The van der Waals surface area contributed by atoms with Gasteiger partial charge in [-0.25, -0.2) is 23.1 Å². The van der Waals surface area contributed by atoms with Crippen LogP contribution in [0.15, 0.2) is 17.3 Å². The SMILES string of the molecule is CSC1(CNS(=O)(=O)c2cnc(Cl)nc2)CCC1. The summed E-state index contributed by atoms with van der Waals surface area (Å²) in [4.78, 5) is 7.39. The number of halogens is 1. The second-order valence-corrected chi connectivity index (χ2v) is 7.63. The van der Waals surface area contributed by atoms with Gasteiger partial charge >= 0.3 is 0 Å². The van der Waals surface area contributed by atoms with Crippen LogP contribution in [-0.4, -0.2) is 35.9 Å². The average molecular weight is 308 g/mol. The Morgan fingerprint density at radius 3 is 2.50 bits per heavy atom. The molecule has 100 valence electrons. The molecule has 1 aliphatic rings. The standard InChI is InChI=1S/C10H14ClN3O2S2/c1-17-10(3-2-4-10)7-14-18(15,16)8-5-12-9(11)13-6-8/h5-6,14H,2-4,7H2,1H3. The van der Waals surface area contributed by atoms with Crippen molar-refractivity contribution in [3.63, 3.8) is 0 Å². The number of hydrogen-bond acceptors (Lipinski definition) is 5. The van der Waals surface area contributed by atoms with Crippen molar-refractivity contribution in [2.45, 2.75) is 28.9 Å². The summed E-state index contributed by atoms with van der Waals surface area (Å²) in [5.41, 5.74) is 0. The van der Waals surface area contributed by atoms with E-state index in [1.807, 2.05) is 6.26 Å². The van der Waals surface area contributed by atoms with Crippen LogP contribution in [0, 0.1) is 0 Å². The Labute approximate surface area is 116 Å². The molecule has 2 rings (SSSR count). The minimum absolute atomic E-state index is 0.0357. The molecule has 1 aliphatic carbocycles. The van der Waals surface area contributed by atoms with Crippen molar-refractivity contribution in [2.24, 2.45) is 0 Å². The lowest BCUT2D eigenvalue weighted by atomic mass is 9.84. The summed E-state index contributed by atoms with van der Waals surface area (Å²) in [6.45, 7) is 0.444. The molecule has 0 bridgehead atoms. The van der Waals surface area contributed by atoms with E-state index in [2.05, 4.69) is 14.7 Å². The van der Waals surface area contributed by atoms with Crippen molar-refractivity contribution in [3.05, 3.63) is 17.7 Å². The van der Waals surface area contributed by atoms with Crippen molar-refractivity contribution in [3.8, 4) is 0 Å². The molecule has 0 spiro atoms. The van der Waals surface area contributed by atoms with E-state index in [0.29, 0.717) is 6.54 Å². The van der Waals surface area contributed by atoms with Gasteiger partial charge in [0, 0.05) is 11.3 Å². The van der Waals surface area contributed by atoms with Crippen molar-refractivity contribution in [1.29, 1.82) is 0 Å². The monoisotopic (exact) mass is 307 g/mol. The van der Waals surface area contributed by atoms with Crippen LogP contribution in [0.3, 0.4) is 0 Å². The quantitative estimate of drug-likeness (QED) is 0.838. The maximum Gasteiger partial charge on any atom is 0.243 e. The smallest absolute Gasteiger partial charge is 0.225 e. The average Bonchev–Trinajstić information content (AvgIpc) is 2.29. The zero-order valence-electron chi connectivity index (χ0n) is 9.89. The van der Waals surface area contributed by atoms with E-state index in [1.54, 1.807) is 11.8 Å². The Bertz CT molecular complexity index is 509. The van der Waals surface area contributed by atoms with Gasteiger partial charge in [0.05, 0.1) is 12.4 Å². The normalized spacial score (nSPS) is 18.3. The van der Waals surface area contributed by atoms with Crippen LogP contribution in [0.5, 0.6) is 0 Å². The fraction of sp³-hybridized carbons (Fsp3) is 0.600. The molecule has 1 heterocycles. The van der Waals surface area contributed by atoms with Gasteiger partial charge in [-0.15, -0.1) is 0 Å². The first-order valence-electron chi connectivity index (χ1n) is 5.50. The summed E-state index contributed by atoms with van der Waals surface area (Å²) in [6.07, 6.45) is 7.70. The van der Waals surface area contributed by atoms with Gasteiger partial charge in [-0.05, 0) is 30.7 Å². The molecule has 0 radical (unpaired) electrons. The Morgan fingerprint density at radius 2 is 2.06 bits per heavy atom. The molecule has 0 aliphatic heterocycles. The first-order chi connectivity index (χ1) is 8.47. The maximum absolute atomic E-state index is 12.0. The fourth-order valence-corrected chi connectivity index (χ4v) is 3.89. The molecule has 8 heteroatoms. The lowest BCUT2D eigenvalue weighted by Gasteiger charge is -2.40. The van der Waals surface area contributed by atoms with Gasteiger partial charge in [0.2, 0.25) is 15.3 Å². The molecule has 5 nitrogen and oxygen atoms in total. The molecular weight excluding hydrogens is 294 g/mol. The zero-order chi connectivity index (χ0) is 13.2. The van der Waals surface area contributed by atoms with Crippen molar-refractivity contribution in [2.75, 3.05) is 12.8 Å². The third-order valence-electron chi connectivity index (χ3n) is 3.19. The van der Waals surface area contributed by atoms with E-state index >= 15 is 0 Å². The molecule has 0 aromatic carbocycles. The number of sulfonamides is 1. The largest absolute Gasteiger partial charge is 0.243 e. The van der Waals surface area contributed by atoms with Crippen LogP contribution < -0.4 is 4.72 Å². The first kappa shape index (κ1) is 14.0. The van der Waals surface area contributed by atoms with Gasteiger partial charge in [0.15, 0.2) is 0 Å². The lowest BCUT2D eigenvalue weighted by Crippen LogP contribution is -2.45. The van der Waals surface area contributed by atoms with Crippen LogP contribution in [-0.2, 0) is 10.0 Å². The van der Waals surface area contributed by atoms with Gasteiger partial charge in [0.25, 0.3) is 0 Å². The molecule has 0 atom stereocenters.